The summed E-state index contributed by atoms with van der Waals surface area (Å²) in [6, 6.07) is -0.656. The Morgan fingerprint density at radius 3 is 2.56 bits per heavy atom. The Balaban J connectivity index is 2.61. The van der Waals surface area contributed by atoms with Gasteiger partial charge >= 0.3 is 6.09 Å². The summed E-state index contributed by atoms with van der Waals surface area (Å²) >= 11 is 4.32. The van der Waals surface area contributed by atoms with Gasteiger partial charge in [0.2, 0.25) is 0 Å². The molecule has 100 valence electrons. The first kappa shape index (κ1) is 15.1. The number of hydrogen-bond acceptors (Lipinski definition) is 5. The van der Waals surface area contributed by atoms with Gasteiger partial charge in [0, 0.05) is 0 Å². The van der Waals surface area contributed by atoms with Gasteiger partial charge < -0.3 is 10.1 Å². The van der Waals surface area contributed by atoms with E-state index in [0.29, 0.717) is 9.35 Å². The number of Topliss-reactive ketones (excluding diaryl/α,β-unsaturated/α-hetero) is 1. The molecule has 1 amide bonds. The zero-order chi connectivity index (χ0) is 13.9. The number of carbonyl (C=O) groups is 2. The van der Waals surface area contributed by atoms with Gasteiger partial charge in [-0.05, 0) is 55.2 Å². The largest absolute Gasteiger partial charge is 0.444 e. The third-order valence-electron chi connectivity index (χ3n) is 1.88. The first-order valence-corrected chi connectivity index (χ1v) is 6.91. The van der Waals surface area contributed by atoms with Crippen LogP contribution in [0.4, 0.5) is 4.79 Å². The third kappa shape index (κ3) is 4.38. The van der Waals surface area contributed by atoms with Crippen molar-refractivity contribution in [2.24, 2.45) is 0 Å². The molecule has 0 saturated carbocycles. The van der Waals surface area contributed by atoms with Gasteiger partial charge in [-0.3, -0.25) is 4.79 Å². The molecule has 0 fully saturated rings. The van der Waals surface area contributed by atoms with Crippen molar-refractivity contribution < 1.29 is 14.3 Å². The molecule has 18 heavy (non-hydrogen) atoms. The highest BCUT2D eigenvalue weighted by Gasteiger charge is 2.24. The maximum atomic E-state index is 12.0. The van der Waals surface area contributed by atoms with Crippen LogP contribution in [0, 0.1) is 0 Å². The summed E-state index contributed by atoms with van der Waals surface area (Å²) in [4.78, 5) is 24.0. The lowest BCUT2D eigenvalue weighted by Gasteiger charge is -2.21. The van der Waals surface area contributed by atoms with E-state index in [9.17, 15) is 9.59 Å². The number of aromatic nitrogens is 1. The lowest BCUT2D eigenvalue weighted by Crippen LogP contribution is -2.41. The summed E-state index contributed by atoms with van der Waals surface area (Å²) in [5.74, 6) is -0.199. The van der Waals surface area contributed by atoms with Crippen molar-refractivity contribution in [1.29, 1.82) is 0 Å². The molecule has 1 N–H and O–H groups in total. The van der Waals surface area contributed by atoms with E-state index in [2.05, 4.69) is 25.6 Å². The van der Waals surface area contributed by atoms with Gasteiger partial charge in [-0.2, -0.15) is 4.37 Å². The predicted octanol–water partition coefficient (Wildman–Crippen LogP) is 3.00. The molecule has 1 unspecified atom stereocenters. The van der Waals surface area contributed by atoms with Crippen LogP contribution in [0.5, 0.6) is 0 Å². The monoisotopic (exact) mass is 334 g/mol. The van der Waals surface area contributed by atoms with Crippen molar-refractivity contribution >= 4 is 39.3 Å². The predicted molar refractivity (Wildman–Crippen MR) is 73.0 cm³/mol. The van der Waals surface area contributed by atoms with Crippen LogP contribution in [-0.4, -0.2) is 27.9 Å². The minimum absolute atomic E-state index is 0.199. The Bertz CT molecular complexity index is 453. The quantitative estimate of drug-likeness (QED) is 0.862. The normalized spacial score (nSPS) is 12.9. The fraction of sp³-hybridized carbons (Fsp3) is 0.545. The maximum absolute atomic E-state index is 12.0. The van der Waals surface area contributed by atoms with Crippen molar-refractivity contribution in [3.8, 4) is 0 Å². The van der Waals surface area contributed by atoms with Crippen LogP contribution in [-0.2, 0) is 4.74 Å². The average molecular weight is 335 g/mol. The summed E-state index contributed by atoms with van der Waals surface area (Å²) in [5.41, 5.74) is -0.585. The van der Waals surface area contributed by atoms with Crippen LogP contribution in [0.3, 0.4) is 0 Å². The van der Waals surface area contributed by atoms with E-state index in [-0.39, 0.29) is 5.78 Å². The Hall–Kier alpha value is -0.950. The summed E-state index contributed by atoms with van der Waals surface area (Å²) < 4.78 is 9.61. The number of nitrogens with zero attached hydrogens (tertiary/aromatic N) is 1. The van der Waals surface area contributed by atoms with Gasteiger partial charge in [0.05, 0.1) is 16.7 Å². The molecule has 1 rings (SSSR count). The lowest BCUT2D eigenvalue weighted by molar-refractivity contribution is 0.0497. The number of amides is 1. The molecule has 1 aromatic rings. The molecule has 0 aliphatic heterocycles. The first-order valence-electron chi connectivity index (χ1n) is 5.34. The molecule has 0 aliphatic rings. The Morgan fingerprint density at radius 2 is 2.11 bits per heavy atom. The molecule has 1 heterocycles. The molecule has 0 radical (unpaired) electrons. The van der Waals surface area contributed by atoms with E-state index in [1.165, 1.54) is 0 Å². The highest BCUT2D eigenvalue weighted by atomic mass is 79.9. The van der Waals surface area contributed by atoms with Crippen molar-refractivity contribution in [2.75, 3.05) is 0 Å². The molecule has 1 atom stereocenters. The second kappa shape index (κ2) is 5.79. The van der Waals surface area contributed by atoms with Crippen molar-refractivity contribution in [2.45, 2.75) is 39.3 Å². The lowest BCUT2D eigenvalue weighted by atomic mass is 10.2. The van der Waals surface area contributed by atoms with Gasteiger partial charge in [0.25, 0.3) is 0 Å². The molecule has 0 spiro atoms. The van der Waals surface area contributed by atoms with E-state index in [4.69, 9.17) is 4.74 Å². The smallest absolute Gasteiger partial charge is 0.408 e. The highest BCUT2D eigenvalue weighted by molar-refractivity contribution is 9.10. The van der Waals surface area contributed by atoms with Gasteiger partial charge in [0.1, 0.15) is 10.5 Å². The first-order chi connectivity index (χ1) is 8.20. The van der Waals surface area contributed by atoms with Crippen LogP contribution in [0.1, 0.15) is 37.4 Å². The zero-order valence-electron chi connectivity index (χ0n) is 10.6. The van der Waals surface area contributed by atoms with Crippen LogP contribution < -0.4 is 5.32 Å². The third-order valence-corrected chi connectivity index (χ3v) is 3.56. The van der Waals surface area contributed by atoms with Crippen LogP contribution in [0.15, 0.2) is 10.7 Å². The number of rotatable bonds is 3. The minimum Gasteiger partial charge on any atom is -0.444 e. The van der Waals surface area contributed by atoms with Gasteiger partial charge in [-0.1, -0.05) is 0 Å². The maximum Gasteiger partial charge on any atom is 0.408 e. The Kier molecular flexibility index (Phi) is 4.86. The van der Waals surface area contributed by atoms with Crippen molar-refractivity contribution in [3.05, 3.63) is 15.5 Å². The standard InChI is InChI=1S/C11H15BrN2O3S/c1-6(14-10(16)17-11(2,3)4)8(15)9-7(12)5-13-18-9/h5-6H,1-4H3,(H,14,16). The summed E-state index contributed by atoms with van der Waals surface area (Å²) in [6.45, 7) is 6.90. The molecule has 7 heteroatoms. The molecule has 1 aromatic heterocycles. The number of hydrogen-bond donors (Lipinski definition) is 1. The average Bonchev–Trinajstić information content (AvgIpc) is 2.60. The summed E-state index contributed by atoms with van der Waals surface area (Å²) in [7, 11) is 0. The van der Waals surface area contributed by atoms with Gasteiger partial charge in [0.15, 0.2) is 5.78 Å². The minimum atomic E-state index is -0.656. The molecular weight excluding hydrogens is 320 g/mol. The van der Waals surface area contributed by atoms with Crippen LogP contribution >= 0.6 is 27.5 Å². The van der Waals surface area contributed by atoms with Gasteiger partial charge in [-0.15, -0.1) is 0 Å². The number of ether oxygens (including phenoxy) is 1. The SMILES string of the molecule is CC(NC(=O)OC(C)(C)C)C(=O)c1sncc1Br. The second-order valence-corrected chi connectivity index (χ2v) is 6.39. The van der Waals surface area contributed by atoms with Crippen LogP contribution in [0.25, 0.3) is 0 Å². The summed E-state index contributed by atoms with van der Waals surface area (Å²) in [6.07, 6.45) is 0.946. The van der Waals surface area contributed by atoms with Crippen molar-refractivity contribution in [3.63, 3.8) is 0 Å². The van der Waals surface area contributed by atoms with Crippen molar-refractivity contribution in [1.82, 2.24) is 9.69 Å². The molecule has 0 saturated heterocycles. The zero-order valence-corrected chi connectivity index (χ0v) is 13.0. The second-order valence-electron chi connectivity index (χ2n) is 4.74. The van der Waals surface area contributed by atoms with E-state index in [1.54, 1.807) is 33.9 Å². The Morgan fingerprint density at radius 1 is 1.50 bits per heavy atom. The molecule has 0 aromatic carbocycles. The fourth-order valence-electron chi connectivity index (χ4n) is 1.14. The van der Waals surface area contributed by atoms with Crippen LogP contribution in [0.2, 0.25) is 0 Å². The molecule has 5 nitrogen and oxygen atoms in total. The summed E-state index contributed by atoms with van der Waals surface area (Å²) in [5, 5.41) is 2.50. The number of halogens is 1. The van der Waals surface area contributed by atoms with E-state index < -0.39 is 17.7 Å². The molecular formula is C11H15BrN2O3S. The number of nitrogens with one attached hydrogen (secondary N) is 1. The topological polar surface area (TPSA) is 68.3 Å². The van der Waals surface area contributed by atoms with E-state index in [1.807, 2.05) is 0 Å². The number of ketones is 1. The number of alkyl carbamates (subject to hydrolysis) is 1. The fourth-order valence-corrected chi connectivity index (χ4v) is 2.46. The highest BCUT2D eigenvalue weighted by Crippen LogP contribution is 2.21. The molecule has 0 aliphatic carbocycles. The molecule has 0 bridgehead atoms. The van der Waals surface area contributed by atoms with E-state index in [0.717, 1.165) is 11.5 Å². The van der Waals surface area contributed by atoms with Gasteiger partial charge in [-0.25, -0.2) is 4.79 Å². The van der Waals surface area contributed by atoms with E-state index >= 15 is 0 Å². The Labute approximate surface area is 118 Å². The number of carbonyl (C=O) groups excluding carboxylic acids is 2.